The number of imidazole rings is 1. The molecule has 0 aliphatic heterocycles. The molecule has 108 valence electrons. The Morgan fingerprint density at radius 2 is 2.20 bits per heavy atom. The van der Waals surface area contributed by atoms with Crippen molar-refractivity contribution >= 4 is 10.0 Å². The van der Waals surface area contributed by atoms with E-state index in [-0.39, 0.29) is 13.2 Å². The standard InChI is InChI=1S/C12H14FN3O3S/c13-11-2-1-9(7-17)5-12(11)20(18,19)16-4-3-10-6-14-8-15-10/h1-2,5-6,8,16-17H,3-4,7H2,(H,14,15). The summed E-state index contributed by atoms with van der Waals surface area (Å²) in [6, 6.07) is 3.47. The lowest BCUT2D eigenvalue weighted by molar-refractivity contribution is 0.281. The molecule has 0 amide bonds. The Morgan fingerprint density at radius 3 is 2.85 bits per heavy atom. The monoisotopic (exact) mass is 299 g/mol. The van der Waals surface area contributed by atoms with Crippen LogP contribution in [0.15, 0.2) is 35.6 Å². The Hall–Kier alpha value is -1.77. The summed E-state index contributed by atoms with van der Waals surface area (Å²) in [4.78, 5) is 6.19. The first kappa shape index (κ1) is 14.6. The Bertz CT molecular complexity index is 671. The molecular weight excluding hydrogens is 285 g/mol. The Morgan fingerprint density at radius 1 is 1.40 bits per heavy atom. The minimum absolute atomic E-state index is 0.118. The van der Waals surface area contributed by atoms with Gasteiger partial charge in [-0.2, -0.15) is 0 Å². The van der Waals surface area contributed by atoms with E-state index in [1.54, 1.807) is 6.20 Å². The summed E-state index contributed by atoms with van der Waals surface area (Å²) in [5.74, 6) is -0.851. The van der Waals surface area contributed by atoms with Gasteiger partial charge in [0.05, 0.1) is 12.9 Å². The number of aliphatic hydroxyl groups is 1. The van der Waals surface area contributed by atoms with Crippen LogP contribution in [0.25, 0.3) is 0 Å². The van der Waals surface area contributed by atoms with Gasteiger partial charge in [0.15, 0.2) is 0 Å². The normalized spacial score (nSPS) is 11.7. The second kappa shape index (κ2) is 6.12. The summed E-state index contributed by atoms with van der Waals surface area (Å²) in [6.45, 7) is -0.232. The van der Waals surface area contributed by atoms with Gasteiger partial charge >= 0.3 is 0 Å². The molecule has 0 aliphatic carbocycles. The first-order valence-electron chi connectivity index (χ1n) is 5.89. The number of benzene rings is 1. The van der Waals surface area contributed by atoms with Crippen molar-refractivity contribution in [3.05, 3.63) is 47.8 Å². The molecule has 2 aromatic rings. The van der Waals surface area contributed by atoms with Gasteiger partial charge in [-0.05, 0) is 17.7 Å². The lowest BCUT2D eigenvalue weighted by atomic mass is 10.2. The maximum atomic E-state index is 13.6. The third-order valence-corrected chi connectivity index (χ3v) is 4.19. The fraction of sp³-hybridized carbons (Fsp3) is 0.250. The molecule has 6 nitrogen and oxygen atoms in total. The van der Waals surface area contributed by atoms with E-state index in [1.807, 2.05) is 0 Å². The molecule has 0 bridgehead atoms. The van der Waals surface area contributed by atoms with E-state index in [4.69, 9.17) is 5.11 Å². The minimum atomic E-state index is -3.95. The number of nitrogens with zero attached hydrogens (tertiary/aromatic N) is 1. The zero-order valence-corrected chi connectivity index (χ0v) is 11.3. The second-order valence-electron chi connectivity index (χ2n) is 4.15. The van der Waals surface area contributed by atoms with Crippen LogP contribution in [0.3, 0.4) is 0 Å². The van der Waals surface area contributed by atoms with Gasteiger partial charge in [0.25, 0.3) is 0 Å². The van der Waals surface area contributed by atoms with Crippen LogP contribution in [0.4, 0.5) is 4.39 Å². The Labute approximate surface area is 115 Å². The predicted molar refractivity (Wildman–Crippen MR) is 69.8 cm³/mol. The largest absolute Gasteiger partial charge is 0.392 e. The number of nitrogens with one attached hydrogen (secondary N) is 2. The number of halogens is 1. The van der Waals surface area contributed by atoms with E-state index in [0.717, 1.165) is 17.8 Å². The Balaban J connectivity index is 2.09. The molecule has 0 spiro atoms. The van der Waals surface area contributed by atoms with E-state index in [2.05, 4.69) is 14.7 Å². The molecule has 1 heterocycles. The molecular formula is C12H14FN3O3S. The molecule has 0 saturated heterocycles. The van der Waals surface area contributed by atoms with Gasteiger partial charge in [0.2, 0.25) is 10.0 Å². The minimum Gasteiger partial charge on any atom is -0.392 e. The molecule has 3 N–H and O–H groups in total. The van der Waals surface area contributed by atoms with E-state index >= 15 is 0 Å². The summed E-state index contributed by atoms with van der Waals surface area (Å²) >= 11 is 0. The molecule has 0 fully saturated rings. The summed E-state index contributed by atoms with van der Waals surface area (Å²) in [5, 5.41) is 8.97. The first-order chi connectivity index (χ1) is 9.53. The molecule has 0 atom stereocenters. The maximum Gasteiger partial charge on any atom is 0.243 e. The highest BCUT2D eigenvalue weighted by atomic mass is 32.2. The fourth-order valence-electron chi connectivity index (χ4n) is 1.67. The van der Waals surface area contributed by atoms with Crippen LogP contribution < -0.4 is 4.72 Å². The molecule has 1 aromatic carbocycles. The molecule has 2 rings (SSSR count). The van der Waals surface area contributed by atoms with E-state index in [0.29, 0.717) is 12.0 Å². The molecule has 1 aromatic heterocycles. The van der Waals surface area contributed by atoms with Gasteiger partial charge < -0.3 is 10.1 Å². The van der Waals surface area contributed by atoms with Gasteiger partial charge in [-0.25, -0.2) is 22.5 Å². The van der Waals surface area contributed by atoms with E-state index in [9.17, 15) is 12.8 Å². The highest BCUT2D eigenvalue weighted by Gasteiger charge is 2.19. The maximum absolute atomic E-state index is 13.6. The fourth-order valence-corrected chi connectivity index (χ4v) is 2.83. The van der Waals surface area contributed by atoms with Crippen LogP contribution in [-0.4, -0.2) is 30.0 Å². The van der Waals surface area contributed by atoms with E-state index in [1.165, 1.54) is 12.4 Å². The molecule has 0 radical (unpaired) electrons. The molecule has 0 saturated carbocycles. The second-order valence-corrected chi connectivity index (χ2v) is 5.88. The molecule has 0 aliphatic rings. The lowest BCUT2D eigenvalue weighted by Gasteiger charge is -2.08. The molecule has 20 heavy (non-hydrogen) atoms. The third kappa shape index (κ3) is 3.41. The van der Waals surface area contributed by atoms with Crippen LogP contribution >= 0.6 is 0 Å². The summed E-state index contributed by atoms with van der Waals surface area (Å²) in [7, 11) is -3.95. The average Bonchev–Trinajstić information content (AvgIpc) is 2.92. The first-order valence-corrected chi connectivity index (χ1v) is 7.37. The highest BCUT2D eigenvalue weighted by molar-refractivity contribution is 7.89. The number of aromatic amines is 1. The number of aromatic nitrogens is 2. The lowest BCUT2D eigenvalue weighted by Crippen LogP contribution is -2.27. The van der Waals surface area contributed by atoms with Crippen molar-refractivity contribution in [3.8, 4) is 0 Å². The number of rotatable bonds is 6. The van der Waals surface area contributed by atoms with Crippen LogP contribution in [0.1, 0.15) is 11.3 Å². The zero-order valence-electron chi connectivity index (χ0n) is 10.5. The van der Waals surface area contributed by atoms with Crippen molar-refractivity contribution in [2.24, 2.45) is 0 Å². The van der Waals surface area contributed by atoms with Crippen LogP contribution in [-0.2, 0) is 23.1 Å². The zero-order chi connectivity index (χ0) is 14.6. The van der Waals surface area contributed by atoms with Gasteiger partial charge in [0.1, 0.15) is 10.7 Å². The van der Waals surface area contributed by atoms with Gasteiger partial charge in [0, 0.05) is 24.9 Å². The SMILES string of the molecule is O=S(=O)(NCCc1cnc[nH]1)c1cc(CO)ccc1F. The van der Waals surface area contributed by atoms with Crippen LogP contribution in [0.2, 0.25) is 0 Å². The number of H-pyrrole nitrogens is 1. The highest BCUT2D eigenvalue weighted by Crippen LogP contribution is 2.16. The number of hydrogen-bond donors (Lipinski definition) is 3. The van der Waals surface area contributed by atoms with Gasteiger partial charge in [-0.3, -0.25) is 0 Å². The van der Waals surface area contributed by atoms with Crippen molar-refractivity contribution < 1.29 is 17.9 Å². The molecule has 0 unspecified atom stereocenters. The quantitative estimate of drug-likeness (QED) is 0.726. The van der Waals surface area contributed by atoms with Crippen molar-refractivity contribution in [3.63, 3.8) is 0 Å². The van der Waals surface area contributed by atoms with Crippen molar-refractivity contribution in [2.45, 2.75) is 17.9 Å². The summed E-state index contributed by atoms with van der Waals surface area (Å²) < 4.78 is 39.9. The van der Waals surface area contributed by atoms with Crippen molar-refractivity contribution in [2.75, 3.05) is 6.54 Å². The van der Waals surface area contributed by atoms with E-state index < -0.39 is 20.7 Å². The number of aliphatic hydroxyl groups excluding tert-OH is 1. The third-order valence-electron chi connectivity index (χ3n) is 2.71. The summed E-state index contributed by atoms with van der Waals surface area (Å²) in [5.41, 5.74) is 1.11. The topological polar surface area (TPSA) is 95.1 Å². The molecule has 8 heteroatoms. The van der Waals surface area contributed by atoms with Crippen molar-refractivity contribution in [1.82, 2.24) is 14.7 Å². The smallest absolute Gasteiger partial charge is 0.243 e. The number of sulfonamides is 1. The predicted octanol–water partition coefficient (Wildman–Crippen LogP) is 0.562. The average molecular weight is 299 g/mol. The van der Waals surface area contributed by atoms with Crippen molar-refractivity contribution in [1.29, 1.82) is 0 Å². The van der Waals surface area contributed by atoms with Gasteiger partial charge in [-0.1, -0.05) is 6.07 Å². The van der Waals surface area contributed by atoms with Crippen LogP contribution in [0.5, 0.6) is 0 Å². The summed E-state index contributed by atoms with van der Waals surface area (Å²) in [6.07, 6.45) is 3.50. The Kier molecular flexibility index (Phi) is 4.48. The van der Waals surface area contributed by atoms with Crippen LogP contribution in [0, 0.1) is 5.82 Å². The number of hydrogen-bond acceptors (Lipinski definition) is 4. The van der Waals surface area contributed by atoms with Gasteiger partial charge in [-0.15, -0.1) is 0 Å².